The number of carbonyl (C=O) groups excluding carboxylic acids is 1. The largest absolute Gasteiger partial charge is 0.463 e. The molecule has 3 aromatic rings. The van der Waals surface area contributed by atoms with E-state index < -0.39 is 0 Å². The van der Waals surface area contributed by atoms with Gasteiger partial charge in [-0.05, 0) is 18.9 Å². The Kier molecular flexibility index (Phi) is 3.10. The number of nitrogens with zero attached hydrogens (tertiary/aromatic N) is 4. The number of aromatic amines is 1. The molecule has 0 aliphatic carbocycles. The van der Waals surface area contributed by atoms with Crippen LogP contribution in [0.1, 0.15) is 34.9 Å². The molecule has 1 aliphatic heterocycles. The van der Waals surface area contributed by atoms with Gasteiger partial charge in [0, 0.05) is 24.4 Å². The first kappa shape index (κ1) is 13.0. The Hall–Kier alpha value is -2.70. The summed E-state index contributed by atoms with van der Waals surface area (Å²) in [6.45, 7) is 1.35. The smallest absolute Gasteiger partial charge is 0.257 e. The summed E-state index contributed by atoms with van der Waals surface area (Å²) < 4.78 is 5.47. The molecule has 4 rings (SSSR count). The molecule has 1 atom stereocenters. The number of benzene rings is 1. The van der Waals surface area contributed by atoms with Crippen molar-refractivity contribution in [3.05, 3.63) is 41.9 Å². The maximum Gasteiger partial charge on any atom is 0.257 e. The van der Waals surface area contributed by atoms with Crippen molar-refractivity contribution in [3.63, 3.8) is 0 Å². The summed E-state index contributed by atoms with van der Waals surface area (Å²) in [7, 11) is 0. The lowest BCUT2D eigenvalue weighted by molar-refractivity contribution is 0.0705. The van der Waals surface area contributed by atoms with E-state index >= 15 is 0 Å². The Morgan fingerprint density at radius 2 is 2.27 bits per heavy atom. The predicted octanol–water partition coefficient (Wildman–Crippen LogP) is 1.97. The van der Waals surface area contributed by atoms with Crippen LogP contribution in [-0.4, -0.2) is 44.5 Å². The minimum absolute atomic E-state index is 0.00172. The summed E-state index contributed by atoms with van der Waals surface area (Å²) in [5, 5.41) is 15.0. The number of aromatic nitrogens is 4. The third kappa shape index (κ3) is 2.14. The maximum atomic E-state index is 12.8. The molecule has 0 bridgehead atoms. The fraction of sp³-hybridized carbons (Fsp3) is 0.333. The molecule has 2 aromatic heterocycles. The lowest BCUT2D eigenvalue weighted by atomic mass is 9.97. The second-order valence-corrected chi connectivity index (χ2v) is 5.51. The van der Waals surface area contributed by atoms with E-state index in [4.69, 9.17) is 4.42 Å². The van der Waals surface area contributed by atoms with Crippen molar-refractivity contribution >= 4 is 16.9 Å². The highest BCUT2D eigenvalue weighted by Crippen LogP contribution is 2.27. The summed E-state index contributed by atoms with van der Waals surface area (Å²) in [5.74, 6) is 0.808. The standard InChI is InChI=1S/C15H15N5O2/c21-15(12-9-22-13-6-2-1-5-11(12)13)20-7-3-4-10(8-20)14-16-18-19-17-14/h1-2,5-6,9-10H,3-4,7-8H2,(H,16,17,18,19). The molecular formula is C15H15N5O2. The molecule has 3 heterocycles. The molecule has 112 valence electrons. The highest BCUT2D eigenvalue weighted by atomic mass is 16.3. The van der Waals surface area contributed by atoms with E-state index in [0.717, 1.165) is 30.4 Å². The van der Waals surface area contributed by atoms with E-state index in [2.05, 4.69) is 20.6 Å². The highest BCUT2D eigenvalue weighted by Gasteiger charge is 2.29. The van der Waals surface area contributed by atoms with Gasteiger partial charge in [-0.3, -0.25) is 4.79 Å². The predicted molar refractivity (Wildman–Crippen MR) is 78.3 cm³/mol. The van der Waals surface area contributed by atoms with Crippen LogP contribution in [0.5, 0.6) is 0 Å². The SMILES string of the molecule is O=C(c1coc2ccccc12)N1CCCC(c2nn[nH]n2)C1. The number of amides is 1. The fourth-order valence-corrected chi connectivity index (χ4v) is 3.03. The van der Waals surface area contributed by atoms with Crippen LogP contribution in [-0.2, 0) is 0 Å². The van der Waals surface area contributed by atoms with E-state index in [0.29, 0.717) is 17.9 Å². The van der Waals surface area contributed by atoms with E-state index in [1.54, 1.807) is 6.26 Å². The van der Waals surface area contributed by atoms with Gasteiger partial charge in [-0.1, -0.05) is 23.4 Å². The van der Waals surface area contributed by atoms with Gasteiger partial charge in [-0.2, -0.15) is 5.21 Å². The van der Waals surface area contributed by atoms with Crippen LogP contribution in [0.2, 0.25) is 0 Å². The van der Waals surface area contributed by atoms with Crippen molar-refractivity contribution in [1.82, 2.24) is 25.5 Å². The topological polar surface area (TPSA) is 87.9 Å². The van der Waals surface area contributed by atoms with E-state index in [-0.39, 0.29) is 11.8 Å². The Balaban J connectivity index is 1.60. The van der Waals surface area contributed by atoms with Gasteiger partial charge >= 0.3 is 0 Å². The van der Waals surface area contributed by atoms with E-state index in [1.807, 2.05) is 29.2 Å². The summed E-state index contributed by atoms with van der Waals surface area (Å²) in [4.78, 5) is 14.6. The molecule has 1 amide bonds. The normalized spacial score (nSPS) is 18.7. The number of hydrogen-bond acceptors (Lipinski definition) is 5. The molecule has 0 saturated carbocycles. The fourth-order valence-electron chi connectivity index (χ4n) is 3.03. The van der Waals surface area contributed by atoms with Gasteiger partial charge in [-0.15, -0.1) is 10.2 Å². The van der Waals surface area contributed by atoms with Crippen LogP contribution in [0, 0.1) is 0 Å². The van der Waals surface area contributed by atoms with Crippen LogP contribution >= 0.6 is 0 Å². The molecule has 1 N–H and O–H groups in total. The summed E-state index contributed by atoms with van der Waals surface area (Å²) in [5.41, 5.74) is 1.35. The van der Waals surface area contributed by atoms with Gasteiger partial charge < -0.3 is 9.32 Å². The van der Waals surface area contributed by atoms with Crippen molar-refractivity contribution in [2.75, 3.05) is 13.1 Å². The Bertz CT molecular complexity index is 795. The number of likely N-dealkylation sites (tertiary alicyclic amines) is 1. The highest BCUT2D eigenvalue weighted by molar-refractivity contribution is 6.05. The van der Waals surface area contributed by atoms with E-state index in [9.17, 15) is 4.79 Å². The van der Waals surface area contributed by atoms with Crippen molar-refractivity contribution in [2.45, 2.75) is 18.8 Å². The second-order valence-electron chi connectivity index (χ2n) is 5.51. The zero-order valence-corrected chi connectivity index (χ0v) is 11.9. The minimum atomic E-state index is -0.00172. The number of hydrogen-bond donors (Lipinski definition) is 1. The van der Waals surface area contributed by atoms with Crippen molar-refractivity contribution in [3.8, 4) is 0 Å². The minimum Gasteiger partial charge on any atom is -0.463 e. The summed E-state index contributed by atoms with van der Waals surface area (Å²) >= 11 is 0. The first-order valence-electron chi connectivity index (χ1n) is 7.32. The number of fused-ring (bicyclic) bond motifs is 1. The van der Waals surface area contributed by atoms with Crippen molar-refractivity contribution in [2.24, 2.45) is 0 Å². The van der Waals surface area contributed by atoms with Crippen LogP contribution in [0.3, 0.4) is 0 Å². The Labute approximate surface area is 126 Å². The average Bonchev–Trinajstić information content (AvgIpc) is 3.24. The van der Waals surface area contributed by atoms with Gasteiger partial charge in [0.1, 0.15) is 11.8 Å². The Morgan fingerprint density at radius 3 is 3.14 bits per heavy atom. The number of H-pyrrole nitrogens is 1. The van der Waals surface area contributed by atoms with Crippen LogP contribution in [0.4, 0.5) is 0 Å². The van der Waals surface area contributed by atoms with Crippen LogP contribution in [0.25, 0.3) is 11.0 Å². The van der Waals surface area contributed by atoms with E-state index in [1.165, 1.54) is 0 Å². The maximum absolute atomic E-state index is 12.8. The van der Waals surface area contributed by atoms with Crippen LogP contribution < -0.4 is 0 Å². The zero-order chi connectivity index (χ0) is 14.9. The molecule has 1 saturated heterocycles. The molecule has 1 fully saturated rings. The zero-order valence-electron chi connectivity index (χ0n) is 11.9. The second kappa shape index (κ2) is 5.25. The van der Waals surface area contributed by atoms with Gasteiger partial charge in [0.25, 0.3) is 5.91 Å². The molecule has 0 spiro atoms. The van der Waals surface area contributed by atoms with Crippen molar-refractivity contribution < 1.29 is 9.21 Å². The lowest BCUT2D eigenvalue weighted by Gasteiger charge is -2.31. The molecule has 22 heavy (non-hydrogen) atoms. The summed E-state index contributed by atoms with van der Waals surface area (Å²) in [6, 6.07) is 7.58. The average molecular weight is 297 g/mol. The number of tetrazole rings is 1. The summed E-state index contributed by atoms with van der Waals surface area (Å²) in [6.07, 6.45) is 3.45. The quantitative estimate of drug-likeness (QED) is 0.781. The number of carbonyl (C=O) groups is 1. The number of nitrogens with one attached hydrogen (secondary N) is 1. The van der Waals surface area contributed by atoms with Gasteiger partial charge in [0.15, 0.2) is 5.82 Å². The molecule has 7 heteroatoms. The Morgan fingerprint density at radius 1 is 1.36 bits per heavy atom. The lowest BCUT2D eigenvalue weighted by Crippen LogP contribution is -2.39. The monoisotopic (exact) mass is 297 g/mol. The molecule has 7 nitrogen and oxygen atoms in total. The first-order chi connectivity index (χ1) is 10.8. The molecule has 1 aliphatic rings. The van der Waals surface area contributed by atoms with Gasteiger partial charge in [-0.25, -0.2) is 0 Å². The van der Waals surface area contributed by atoms with Crippen LogP contribution in [0.15, 0.2) is 34.9 Å². The number of rotatable bonds is 2. The first-order valence-corrected chi connectivity index (χ1v) is 7.32. The van der Waals surface area contributed by atoms with Gasteiger partial charge in [0.05, 0.1) is 5.56 Å². The molecular weight excluding hydrogens is 282 g/mol. The molecule has 1 unspecified atom stereocenters. The van der Waals surface area contributed by atoms with Gasteiger partial charge in [0.2, 0.25) is 0 Å². The number of furan rings is 1. The third-order valence-electron chi connectivity index (χ3n) is 4.15. The third-order valence-corrected chi connectivity index (χ3v) is 4.15. The number of piperidine rings is 1. The number of para-hydroxylation sites is 1. The van der Waals surface area contributed by atoms with Crippen molar-refractivity contribution in [1.29, 1.82) is 0 Å². The molecule has 1 aromatic carbocycles. The molecule has 0 radical (unpaired) electrons.